The Morgan fingerprint density at radius 2 is 2.00 bits per heavy atom. The van der Waals surface area contributed by atoms with E-state index in [0.29, 0.717) is 44.2 Å². The van der Waals surface area contributed by atoms with Crippen molar-refractivity contribution < 1.29 is 9.47 Å². The van der Waals surface area contributed by atoms with Gasteiger partial charge in [-0.2, -0.15) is 15.0 Å². The summed E-state index contributed by atoms with van der Waals surface area (Å²) in [6.45, 7) is 6.56. The molecule has 170 valence electrons. The van der Waals surface area contributed by atoms with Crippen molar-refractivity contribution in [3.8, 4) is 11.9 Å². The molecule has 1 atom stereocenters. The molecule has 9 nitrogen and oxygen atoms in total. The van der Waals surface area contributed by atoms with Gasteiger partial charge in [0.1, 0.15) is 0 Å². The number of rotatable bonds is 3. The first-order valence-corrected chi connectivity index (χ1v) is 12.1. The van der Waals surface area contributed by atoms with Crippen LogP contribution < -0.4 is 20.3 Å². The minimum Gasteiger partial charge on any atom is -0.405 e. The monoisotopic (exact) mass is 483 g/mol. The SMILES string of the molecule is C[C@@H]1CNc2c(sc3ccc4nc(Oc5nc(Cl)nc(N6CCOCC6)n5)ccc4c23)CN1. The number of anilines is 2. The summed E-state index contributed by atoms with van der Waals surface area (Å²) in [6, 6.07) is 8.57. The molecule has 0 spiro atoms. The van der Waals surface area contributed by atoms with E-state index in [1.807, 2.05) is 34.4 Å². The lowest BCUT2D eigenvalue weighted by atomic mass is 10.1. The lowest BCUT2D eigenvalue weighted by Crippen LogP contribution is -2.37. The number of ether oxygens (including phenoxy) is 2. The average Bonchev–Trinajstić information content (AvgIpc) is 3.09. The number of nitrogens with zero attached hydrogens (tertiary/aromatic N) is 5. The van der Waals surface area contributed by atoms with Crippen molar-refractivity contribution in [3.05, 3.63) is 34.4 Å². The molecule has 11 heteroatoms. The van der Waals surface area contributed by atoms with Crippen molar-refractivity contribution in [3.63, 3.8) is 0 Å². The molecule has 0 aliphatic carbocycles. The van der Waals surface area contributed by atoms with Gasteiger partial charge in [-0.05, 0) is 36.7 Å². The van der Waals surface area contributed by atoms with Gasteiger partial charge in [-0.25, -0.2) is 4.98 Å². The zero-order valence-electron chi connectivity index (χ0n) is 18.0. The second-order valence-corrected chi connectivity index (χ2v) is 9.58. The number of benzene rings is 1. The first-order chi connectivity index (χ1) is 16.1. The van der Waals surface area contributed by atoms with Gasteiger partial charge in [-0.1, -0.05) is 0 Å². The van der Waals surface area contributed by atoms with E-state index in [-0.39, 0.29) is 11.3 Å². The number of thiophene rings is 1. The molecule has 2 N–H and O–H groups in total. The summed E-state index contributed by atoms with van der Waals surface area (Å²) in [7, 11) is 0. The van der Waals surface area contributed by atoms with Gasteiger partial charge >= 0.3 is 6.01 Å². The quantitative estimate of drug-likeness (QED) is 0.450. The lowest BCUT2D eigenvalue weighted by molar-refractivity contribution is 0.122. The molecule has 1 saturated heterocycles. The summed E-state index contributed by atoms with van der Waals surface area (Å²) >= 11 is 7.96. The van der Waals surface area contributed by atoms with E-state index in [4.69, 9.17) is 26.1 Å². The van der Waals surface area contributed by atoms with Crippen molar-refractivity contribution in [2.45, 2.75) is 19.5 Å². The maximum absolute atomic E-state index is 6.14. The fraction of sp³-hybridized carbons (Fsp3) is 0.364. The minimum absolute atomic E-state index is 0.0823. The molecule has 0 unspecified atom stereocenters. The van der Waals surface area contributed by atoms with E-state index in [1.54, 1.807) is 0 Å². The van der Waals surface area contributed by atoms with Gasteiger partial charge in [0.25, 0.3) is 0 Å². The maximum atomic E-state index is 6.14. The van der Waals surface area contributed by atoms with Crippen LogP contribution in [0.4, 0.5) is 11.6 Å². The highest BCUT2D eigenvalue weighted by Crippen LogP contribution is 2.41. The summed E-state index contributed by atoms with van der Waals surface area (Å²) in [6.07, 6.45) is 0. The molecule has 0 amide bonds. The molecule has 4 aromatic rings. The Kier molecular flexibility index (Phi) is 5.37. The van der Waals surface area contributed by atoms with Crippen molar-refractivity contribution in [2.75, 3.05) is 43.1 Å². The highest BCUT2D eigenvalue weighted by atomic mass is 35.5. The summed E-state index contributed by atoms with van der Waals surface area (Å²) in [5, 5.41) is 9.55. The highest BCUT2D eigenvalue weighted by molar-refractivity contribution is 7.20. The van der Waals surface area contributed by atoms with Crippen molar-refractivity contribution in [1.29, 1.82) is 0 Å². The Bertz CT molecular complexity index is 1340. The molecule has 5 heterocycles. The van der Waals surface area contributed by atoms with Crippen LogP contribution >= 0.6 is 22.9 Å². The Labute approximate surface area is 199 Å². The molecule has 0 radical (unpaired) electrons. The van der Waals surface area contributed by atoms with Crippen LogP contribution in [0.5, 0.6) is 11.9 Å². The highest BCUT2D eigenvalue weighted by Gasteiger charge is 2.20. The minimum atomic E-state index is 0.0823. The average molecular weight is 484 g/mol. The molecule has 2 aliphatic rings. The molecular weight excluding hydrogens is 462 g/mol. The first kappa shape index (κ1) is 20.8. The molecule has 1 fully saturated rings. The fourth-order valence-corrected chi connectivity index (χ4v) is 5.46. The molecule has 1 aromatic carbocycles. The van der Waals surface area contributed by atoms with Gasteiger partial charge < -0.3 is 25.0 Å². The van der Waals surface area contributed by atoms with Crippen LogP contribution in [-0.2, 0) is 11.3 Å². The zero-order valence-corrected chi connectivity index (χ0v) is 19.5. The Morgan fingerprint density at radius 1 is 1.12 bits per heavy atom. The molecule has 0 bridgehead atoms. The fourth-order valence-electron chi connectivity index (χ4n) is 4.16. The van der Waals surface area contributed by atoms with E-state index in [0.717, 1.165) is 24.0 Å². The molecule has 33 heavy (non-hydrogen) atoms. The molecule has 3 aromatic heterocycles. The van der Waals surface area contributed by atoms with Crippen LogP contribution in [0.2, 0.25) is 5.28 Å². The number of nitrogens with one attached hydrogen (secondary N) is 2. The number of fused-ring (bicyclic) bond motifs is 5. The number of hydrogen-bond acceptors (Lipinski definition) is 10. The van der Waals surface area contributed by atoms with E-state index >= 15 is 0 Å². The van der Waals surface area contributed by atoms with E-state index in [9.17, 15) is 0 Å². The van der Waals surface area contributed by atoms with Gasteiger partial charge in [-0.15, -0.1) is 11.3 Å². The maximum Gasteiger partial charge on any atom is 0.329 e. The first-order valence-electron chi connectivity index (χ1n) is 10.9. The Balaban J connectivity index is 1.34. The molecule has 2 aliphatic heterocycles. The van der Waals surface area contributed by atoms with E-state index < -0.39 is 0 Å². The standard InChI is InChI=1S/C22H22ClN7O2S/c1-12-10-25-19-16(11-24-12)33-15-4-3-14-13(18(15)19)2-5-17(26-14)32-22-28-20(23)27-21(29-22)30-6-8-31-9-7-30/h2-5,12,24-25H,6-11H2,1H3/t12-/m1/s1. The number of aromatic nitrogens is 4. The Hall–Kier alpha value is -2.79. The number of hydrogen-bond donors (Lipinski definition) is 2. The normalized spacial score (nSPS) is 18.7. The van der Waals surface area contributed by atoms with Crippen LogP contribution in [0.15, 0.2) is 24.3 Å². The van der Waals surface area contributed by atoms with Crippen LogP contribution in [0.25, 0.3) is 21.0 Å². The van der Waals surface area contributed by atoms with Crippen LogP contribution in [-0.4, -0.2) is 58.8 Å². The summed E-state index contributed by atoms with van der Waals surface area (Å²) in [5.41, 5.74) is 2.05. The van der Waals surface area contributed by atoms with E-state index in [1.165, 1.54) is 20.7 Å². The van der Waals surface area contributed by atoms with Gasteiger partial charge in [0.15, 0.2) is 0 Å². The van der Waals surface area contributed by atoms with Gasteiger partial charge in [0, 0.05) is 58.6 Å². The smallest absolute Gasteiger partial charge is 0.329 e. The van der Waals surface area contributed by atoms with Crippen LogP contribution in [0, 0.1) is 0 Å². The number of halogens is 1. The third-order valence-electron chi connectivity index (χ3n) is 5.83. The summed E-state index contributed by atoms with van der Waals surface area (Å²) in [4.78, 5) is 20.8. The predicted octanol–water partition coefficient (Wildman–Crippen LogP) is 3.82. The third kappa shape index (κ3) is 4.04. The largest absolute Gasteiger partial charge is 0.405 e. The second-order valence-electron chi connectivity index (χ2n) is 8.11. The van der Waals surface area contributed by atoms with Crippen molar-refractivity contribution in [1.82, 2.24) is 25.3 Å². The predicted molar refractivity (Wildman–Crippen MR) is 130 cm³/mol. The molecule has 6 rings (SSSR count). The molecular formula is C22H22ClN7O2S. The summed E-state index contributed by atoms with van der Waals surface area (Å²) < 4.78 is 12.5. The topological polar surface area (TPSA) is 97.3 Å². The van der Waals surface area contributed by atoms with Gasteiger partial charge in [0.2, 0.25) is 17.1 Å². The summed E-state index contributed by atoms with van der Waals surface area (Å²) in [5.74, 6) is 0.882. The van der Waals surface area contributed by atoms with Crippen molar-refractivity contribution >= 4 is 55.6 Å². The van der Waals surface area contributed by atoms with Crippen molar-refractivity contribution in [2.24, 2.45) is 0 Å². The number of pyridine rings is 1. The zero-order chi connectivity index (χ0) is 22.4. The van der Waals surface area contributed by atoms with Crippen LogP contribution in [0.1, 0.15) is 11.8 Å². The third-order valence-corrected chi connectivity index (χ3v) is 7.16. The number of morpholine rings is 1. The van der Waals surface area contributed by atoms with Crippen LogP contribution in [0.3, 0.4) is 0 Å². The molecule has 0 saturated carbocycles. The van der Waals surface area contributed by atoms with Gasteiger partial charge in [0.05, 0.1) is 24.4 Å². The van der Waals surface area contributed by atoms with Gasteiger partial charge in [-0.3, -0.25) is 0 Å². The Morgan fingerprint density at radius 3 is 2.88 bits per heavy atom. The second kappa shape index (κ2) is 8.53. The van der Waals surface area contributed by atoms with E-state index in [2.05, 4.69) is 38.6 Å². The lowest BCUT2D eigenvalue weighted by Gasteiger charge is -2.26.